The Kier molecular flexibility index (Phi) is 4.85. The zero-order chi connectivity index (χ0) is 11.1. The number of hydrogen-bond acceptors (Lipinski definition) is 1. The molecule has 1 nitrogen and oxygen atoms in total. The predicted octanol–water partition coefficient (Wildman–Crippen LogP) is 4.30. The third-order valence-corrected chi connectivity index (χ3v) is 3.53. The highest BCUT2D eigenvalue weighted by Crippen LogP contribution is 2.14. The van der Waals surface area contributed by atoms with E-state index < -0.39 is 0 Å². The van der Waals surface area contributed by atoms with Crippen LogP contribution in [0.1, 0.15) is 62.6 Å². The van der Waals surface area contributed by atoms with Crippen LogP contribution >= 0.6 is 0 Å². The molecule has 3 rings (SSSR count). The van der Waals surface area contributed by atoms with E-state index in [4.69, 9.17) is 0 Å². The second-order valence-electron chi connectivity index (χ2n) is 4.99. The molecule has 16 heavy (non-hydrogen) atoms. The molecule has 88 valence electrons. The van der Waals surface area contributed by atoms with Crippen molar-refractivity contribution in [3.05, 3.63) is 29.6 Å². The number of fused-ring (bicyclic) bond motifs is 11. The second-order valence-corrected chi connectivity index (χ2v) is 4.99. The lowest BCUT2D eigenvalue weighted by Crippen LogP contribution is -1.94. The molecule has 2 aliphatic rings. The molecule has 0 atom stereocenters. The summed E-state index contributed by atoms with van der Waals surface area (Å²) in [6, 6.07) is 4.50. The molecule has 1 aromatic rings. The maximum atomic E-state index is 4.55. The first-order valence-electron chi connectivity index (χ1n) is 6.89. The molecule has 2 bridgehead atoms. The van der Waals surface area contributed by atoms with E-state index in [2.05, 4.69) is 23.3 Å². The third-order valence-electron chi connectivity index (χ3n) is 3.53. The lowest BCUT2D eigenvalue weighted by atomic mass is 10.0. The van der Waals surface area contributed by atoms with Crippen molar-refractivity contribution < 1.29 is 0 Å². The first-order chi connectivity index (χ1) is 7.95. The maximum Gasteiger partial charge on any atom is 0.0403 e. The Bertz CT molecular complexity index is 258. The van der Waals surface area contributed by atoms with Crippen molar-refractivity contribution in [1.29, 1.82) is 0 Å². The molecular weight excluding hydrogens is 194 g/mol. The fourth-order valence-electron chi connectivity index (χ4n) is 2.45. The third kappa shape index (κ3) is 3.96. The van der Waals surface area contributed by atoms with E-state index in [1.54, 1.807) is 0 Å². The smallest absolute Gasteiger partial charge is 0.0403 e. The summed E-state index contributed by atoms with van der Waals surface area (Å²) in [6.45, 7) is 0. The zero-order valence-corrected chi connectivity index (χ0v) is 10.3. The molecule has 0 fully saturated rings. The molecule has 1 aromatic heterocycles. The van der Waals surface area contributed by atoms with Crippen LogP contribution in [0.5, 0.6) is 0 Å². The molecule has 1 aliphatic heterocycles. The molecule has 1 aliphatic carbocycles. The Balaban J connectivity index is 1.93. The minimum Gasteiger partial charge on any atom is -0.261 e. The van der Waals surface area contributed by atoms with E-state index in [1.807, 2.05) is 0 Å². The molecule has 0 radical (unpaired) electrons. The normalized spacial score (nSPS) is 19.2. The number of nitrogens with zero attached hydrogens (tertiary/aromatic N) is 1. The van der Waals surface area contributed by atoms with Gasteiger partial charge >= 0.3 is 0 Å². The van der Waals surface area contributed by atoms with Gasteiger partial charge < -0.3 is 0 Å². The number of rotatable bonds is 0. The first kappa shape index (κ1) is 11.6. The van der Waals surface area contributed by atoms with Gasteiger partial charge in [-0.1, -0.05) is 44.6 Å². The molecular formula is C15H23N. The molecule has 0 saturated carbocycles. The average Bonchev–Trinajstić information content (AvgIpc) is 2.33. The van der Waals surface area contributed by atoms with E-state index in [0.717, 1.165) is 0 Å². The number of aryl methyl sites for hydroxylation is 2. The van der Waals surface area contributed by atoms with Crippen LogP contribution in [0.15, 0.2) is 18.3 Å². The van der Waals surface area contributed by atoms with Crippen LogP contribution in [0.2, 0.25) is 0 Å². The summed E-state index contributed by atoms with van der Waals surface area (Å²) in [5, 5.41) is 0. The molecule has 0 saturated heterocycles. The topological polar surface area (TPSA) is 12.9 Å². The van der Waals surface area contributed by atoms with Gasteiger partial charge in [-0.3, -0.25) is 4.98 Å². The van der Waals surface area contributed by atoms with E-state index >= 15 is 0 Å². The van der Waals surface area contributed by atoms with Crippen molar-refractivity contribution in [2.45, 2.75) is 64.2 Å². The van der Waals surface area contributed by atoms with Crippen molar-refractivity contribution in [2.75, 3.05) is 0 Å². The van der Waals surface area contributed by atoms with Crippen molar-refractivity contribution in [3.63, 3.8) is 0 Å². The highest BCUT2D eigenvalue weighted by atomic mass is 14.7. The molecule has 0 N–H and O–H groups in total. The van der Waals surface area contributed by atoms with Gasteiger partial charge in [0.25, 0.3) is 0 Å². The molecule has 1 heteroatoms. The van der Waals surface area contributed by atoms with Gasteiger partial charge in [0.05, 0.1) is 0 Å². The average molecular weight is 217 g/mol. The SMILES string of the molecule is c1cc2ncc1CCCCCCCCCC2. The predicted molar refractivity (Wildman–Crippen MR) is 68.6 cm³/mol. The standard InChI is InChI=1S/C15H23N/c1-2-4-6-8-10-15-12-11-14(13-16-15)9-7-5-3-1/h11-13H,1-10H2. The number of hydrogen-bond donors (Lipinski definition) is 0. The molecule has 0 unspecified atom stereocenters. The van der Waals surface area contributed by atoms with Gasteiger partial charge in [0.15, 0.2) is 0 Å². The van der Waals surface area contributed by atoms with Crippen LogP contribution in [0.4, 0.5) is 0 Å². The zero-order valence-electron chi connectivity index (χ0n) is 10.3. The Labute approximate surface area is 99.3 Å². The van der Waals surface area contributed by atoms with Gasteiger partial charge in [-0.15, -0.1) is 0 Å². The molecule has 2 heterocycles. The Morgan fingerprint density at radius 2 is 1.31 bits per heavy atom. The van der Waals surface area contributed by atoms with Gasteiger partial charge in [-0.25, -0.2) is 0 Å². The van der Waals surface area contributed by atoms with E-state index in [0.29, 0.717) is 0 Å². The fraction of sp³-hybridized carbons (Fsp3) is 0.667. The summed E-state index contributed by atoms with van der Waals surface area (Å²) in [7, 11) is 0. The number of aromatic nitrogens is 1. The monoisotopic (exact) mass is 217 g/mol. The minimum absolute atomic E-state index is 1.17. The van der Waals surface area contributed by atoms with Gasteiger partial charge in [-0.2, -0.15) is 0 Å². The Morgan fingerprint density at radius 3 is 1.94 bits per heavy atom. The highest BCUT2D eigenvalue weighted by Gasteiger charge is 1.99. The van der Waals surface area contributed by atoms with Crippen LogP contribution < -0.4 is 0 Å². The summed E-state index contributed by atoms with van der Waals surface area (Å²) < 4.78 is 0. The van der Waals surface area contributed by atoms with Crippen LogP contribution in [0, 0.1) is 0 Å². The summed E-state index contributed by atoms with van der Waals surface area (Å²) in [4.78, 5) is 4.55. The fourth-order valence-corrected chi connectivity index (χ4v) is 2.45. The van der Waals surface area contributed by atoms with Crippen molar-refractivity contribution in [3.8, 4) is 0 Å². The molecule has 0 aromatic carbocycles. The van der Waals surface area contributed by atoms with Crippen molar-refractivity contribution in [2.24, 2.45) is 0 Å². The lowest BCUT2D eigenvalue weighted by molar-refractivity contribution is 0.563. The van der Waals surface area contributed by atoms with Crippen LogP contribution in [0.25, 0.3) is 0 Å². The second kappa shape index (κ2) is 6.67. The summed E-state index contributed by atoms with van der Waals surface area (Å²) in [5.41, 5.74) is 2.70. The lowest BCUT2D eigenvalue weighted by Gasteiger charge is -2.06. The summed E-state index contributed by atoms with van der Waals surface area (Å²) >= 11 is 0. The van der Waals surface area contributed by atoms with Crippen molar-refractivity contribution >= 4 is 0 Å². The highest BCUT2D eigenvalue weighted by molar-refractivity contribution is 5.14. The number of pyridine rings is 1. The first-order valence-corrected chi connectivity index (χ1v) is 6.89. The Morgan fingerprint density at radius 1 is 0.688 bits per heavy atom. The van der Waals surface area contributed by atoms with Gasteiger partial charge in [0, 0.05) is 11.9 Å². The summed E-state index contributed by atoms with van der Waals surface area (Å²) in [5.74, 6) is 0. The quantitative estimate of drug-likeness (QED) is 0.631. The minimum atomic E-state index is 1.17. The van der Waals surface area contributed by atoms with Crippen LogP contribution in [0.3, 0.4) is 0 Å². The maximum absolute atomic E-state index is 4.55. The van der Waals surface area contributed by atoms with Gasteiger partial charge in [-0.05, 0) is 37.3 Å². The van der Waals surface area contributed by atoms with Gasteiger partial charge in [0.1, 0.15) is 0 Å². The van der Waals surface area contributed by atoms with Crippen LogP contribution in [-0.2, 0) is 12.8 Å². The molecule has 0 spiro atoms. The van der Waals surface area contributed by atoms with E-state index in [1.165, 1.54) is 75.5 Å². The van der Waals surface area contributed by atoms with Crippen molar-refractivity contribution in [1.82, 2.24) is 4.98 Å². The van der Waals surface area contributed by atoms with E-state index in [-0.39, 0.29) is 0 Å². The Hall–Kier alpha value is -0.850. The van der Waals surface area contributed by atoms with Crippen LogP contribution in [-0.4, -0.2) is 4.98 Å². The van der Waals surface area contributed by atoms with E-state index in [9.17, 15) is 0 Å². The molecule has 0 amide bonds. The van der Waals surface area contributed by atoms with Gasteiger partial charge in [0.2, 0.25) is 0 Å². The largest absolute Gasteiger partial charge is 0.261 e. The summed E-state index contributed by atoms with van der Waals surface area (Å²) in [6.07, 6.45) is 15.6.